The molecule has 2 aromatic carbocycles. The monoisotopic (exact) mass is 312 g/mol. The van der Waals surface area contributed by atoms with Crippen LogP contribution in [0.4, 0.5) is 0 Å². The van der Waals surface area contributed by atoms with Gasteiger partial charge in [-0.25, -0.2) is 0 Å². The van der Waals surface area contributed by atoms with Crippen molar-refractivity contribution in [1.82, 2.24) is 5.32 Å². The molecular weight excluding hydrogens is 284 g/mol. The molecule has 0 heterocycles. The van der Waals surface area contributed by atoms with Gasteiger partial charge in [0.15, 0.2) is 0 Å². The zero-order valence-electron chi connectivity index (χ0n) is 13.9. The van der Waals surface area contributed by atoms with E-state index in [1.54, 1.807) is 0 Å². The van der Waals surface area contributed by atoms with Crippen LogP contribution < -0.4 is 11.1 Å². The summed E-state index contributed by atoms with van der Waals surface area (Å²) in [5.41, 5.74) is 8.66. The van der Waals surface area contributed by atoms with Gasteiger partial charge in [-0.15, -0.1) is 0 Å². The van der Waals surface area contributed by atoms with Crippen LogP contribution >= 0.6 is 0 Å². The predicted molar refractivity (Wildman–Crippen MR) is 96.4 cm³/mol. The van der Waals surface area contributed by atoms with E-state index in [2.05, 4.69) is 48.6 Å². The summed E-state index contributed by atoms with van der Waals surface area (Å²) in [6.07, 6.45) is 1.76. The van der Waals surface area contributed by atoms with E-state index in [1.165, 1.54) is 11.1 Å². The Morgan fingerprint density at radius 2 is 1.43 bits per heavy atom. The summed E-state index contributed by atoms with van der Waals surface area (Å²) >= 11 is 0. The van der Waals surface area contributed by atoms with Crippen molar-refractivity contribution in [2.24, 2.45) is 5.73 Å². The fourth-order valence-electron chi connectivity index (χ4n) is 2.91. The average Bonchev–Trinajstić information content (AvgIpc) is 2.57. The Bertz CT molecular complexity index is 544. The van der Waals surface area contributed by atoms with Crippen LogP contribution in [0.25, 0.3) is 0 Å². The Hall–Kier alpha value is -1.68. The highest BCUT2D eigenvalue weighted by Crippen LogP contribution is 2.12. The van der Waals surface area contributed by atoms with Gasteiger partial charge in [-0.3, -0.25) is 0 Å². The maximum atomic E-state index is 10.5. The van der Waals surface area contributed by atoms with Crippen molar-refractivity contribution < 1.29 is 5.11 Å². The molecule has 0 aliphatic heterocycles. The Kier molecular flexibility index (Phi) is 7.27. The summed E-state index contributed by atoms with van der Waals surface area (Å²) in [7, 11) is 0. The van der Waals surface area contributed by atoms with Crippen LogP contribution in [0.1, 0.15) is 24.5 Å². The van der Waals surface area contributed by atoms with E-state index in [4.69, 9.17) is 5.73 Å². The van der Waals surface area contributed by atoms with Crippen molar-refractivity contribution in [3.8, 4) is 0 Å². The molecular formula is C20H28N2O. The lowest BCUT2D eigenvalue weighted by atomic mass is 9.94. The van der Waals surface area contributed by atoms with Gasteiger partial charge in [0.05, 0.1) is 6.10 Å². The molecule has 0 fully saturated rings. The van der Waals surface area contributed by atoms with Crippen molar-refractivity contribution in [2.45, 2.75) is 44.4 Å². The van der Waals surface area contributed by atoms with E-state index < -0.39 is 6.10 Å². The van der Waals surface area contributed by atoms with Crippen LogP contribution in [0.15, 0.2) is 60.7 Å². The number of nitrogens with one attached hydrogen (secondary N) is 1. The molecule has 23 heavy (non-hydrogen) atoms. The van der Waals surface area contributed by atoms with Crippen LogP contribution in [0.2, 0.25) is 0 Å². The maximum Gasteiger partial charge on any atom is 0.0709 e. The number of hydrogen-bond donors (Lipinski definition) is 3. The molecule has 2 rings (SSSR count). The van der Waals surface area contributed by atoms with E-state index in [0.717, 1.165) is 13.0 Å². The summed E-state index contributed by atoms with van der Waals surface area (Å²) in [5, 5.41) is 14.0. The highest BCUT2D eigenvalue weighted by atomic mass is 16.3. The smallest absolute Gasteiger partial charge is 0.0709 e. The van der Waals surface area contributed by atoms with Crippen LogP contribution in [-0.2, 0) is 12.8 Å². The number of nitrogens with two attached hydrogens (primary N) is 1. The molecule has 0 saturated carbocycles. The second-order valence-electron chi connectivity index (χ2n) is 6.10. The first kappa shape index (κ1) is 17.7. The Morgan fingerprint density at radius 3 is 1.96 bits per heavy atom. The maximum absolute atomic E-state index is 10.5. The summed E-state index contributed by atoms with van der Waals surface area (Å²) in [6.45, 7) is 2.98. The summed E-state index contributed by atoms with van der Waals surface area (Å²) in [6, 6.07) is 20.5. The standard InChI is InChI=1S/C20H28N2O/c1-2-22-18(13-16-9-5-3-6-10-16)15-20(23)19(21)14-17-11-7-4-8-12-17/h3-12,18-20,22-23H,2,13-15,21H2,1H3/t18-,19-,20+/m0/s1. The van der Waals surface area contributed by atoms with Gasteiger partial charge >= 0.3 is 0 Å². The second-order valence-corrected chi connectivity index (χ2v) is 6.10. The fourth-order valence-corrected chi connectivity index (χ4v) is 2.91. The highest BCUT2D eigenvalue weighted by Gasteiger charge is 2.20. The minimum absolute atomic E-state index is 0.235. The molecule has 0 unspecified atom stereocenters. The van der Waals surface area contributed by atoms with Crippen molar-refractivity contribution in [3.05, 3.63) is 71.8 Å². The SMILES string of the molecule is CCN[C@@H](Cc1ccccc1)C[C@@H](O)[C@@H](N)Cc1ccccc1. The quantitative estimate of drug-likeness (QED) is 0.667. The number of aliphatic hydroxyl groups is 1. The second kappa shape index (κ2) is 9.46. The van der Waals surface area contributed by atoms with Crippen LogP contribution in [0.3, 0.4) is 0 Å². The molecule has 0 radical (unpaired) electrons. The van der Waals surface area contributed by atoms with Crippen molar-refractivity contribution in [2.75, 3.05) is 6.54 Å². The number of hydrogen-bond acceptors (Lipinski definition) is 3. The molecule has 0 aliphatic rings. The number of likely N-dealkylation sites (N-methyl/N-ethyl adjacent to an activating group) is 1. The molecule has 0 aromatic heterocycles. The van der Waals surface area contributed by atoms with Crippen molar-refractivity contribution >= 4 is 0 Å². The van der Waals surface area contributed by atoms with Crippen molar-refractivity contribution in [3.63, 3.8) is 0 Å². The minimum atomic E-state index is -0.511. The van der Waals surface area contributed by atoms with E-state index in [1.807, 2.05) is 24.3 Å². The normalized spacial score (nSPS) is 15.1. The van der Waals surface area contributed by atoms with Gasteiger partial charge in [0.25, 0.3) is 0 Å². The van der Waals surface area contributed by atoms with E-state index in [-0.39, 0.29) is 12.1 Å². The predicted octanol–water partition coefficient (Wildman–Crippen LogP) is 2.53. The third-order valence-corrected chi connectivity index (χ3v) is 4.15. The first-order chi connectivity index (χ1) is 11.2. The van der Waals surface area contributed by atoms with Gasteiger partial charge in [-0.05, 0) is 36.9 Å². The molecule has 124 valence electrons. The molecule has 0 spiro atoms. The molecule has 0 bridgehead atoms. The van der Waals surface area contributed by atoms with Crippen molar-refractivity contribution in [1.29, 1.82) is 0 Å². The molecule has 0 amide bonds. The first-order valence-corrected chi connectivity index (χ1v) is 8.44. The third kappa shape index (κ3) is 6.14. The summed E-state index contributed by atoms with van der Waals surface area (Å²) in [4.78, 5) is 0. The Balaban J connectivity index is 1.90. The lowest BCUT2D eigenvalue weighted by Gasteiger charge is -2.25. The number of benzene rings is 2. The minimum Gasteiger partial charge on any atom is -0.391 e. The van der Waals surface area contributed by atoms with Crippen LogP contribution in [-0.4, -0.2) is 29.8 Å². The summed E-state index contributed by atoms with van der Waals surface area (Å²) < 4.78 is 0. The van der Waals surface area contributed by atoms with Crippen LogP contribution in [0, 0.1) is 0 Å². The van der Waals surface area contributed by atoms with E-state index in [0.29, 0.717) is 12.8 Å². The van der Waals surface area contributed by atoms with E-state index in [9.17, 15) is 5.11 Å². The Labute approximate surface area is 139 Å². The first-order valence-electron chi connectivity index (χ1n) is 8.44. The third-order valence-electron chi connectivity index (χ3n) is 4.15. The zero-order chi connectivity index (χ0) is 16.5. The molecule has 4 N–H and O–H groups in total. The molecule has 0 saturated heterocycles. The largest absolute Gasteiger partial charge is 0.391 e. The molecule has 3 atom stereocenters. The lowest BCUT2D eigenvalue weighted by Crippen LogP contribution is -2.43. The summed E-state index contributed by atoms with van der Waals surface area (Å²) in [5.74, 6) is 0. The topological polar surface area (TPSA) is 58.3 Å². The van der Waals surface area contributed by atoms with Gasteiger partial charge < -0.3 is 16.2 Å². The molecule has 2 aromatic rings. The number of aliphatic hydroxyl groups excluding tert-OH is 1. The fraction of sp³-hybridized carbons (Fsp3) is 0.400. The molecule has 3 heteroatoms. The number of rotatable bonds is 9. The van der Waals surface area contributed by atoms with Gasteiger partial charge in [-0.1, -0.05) is 67.6 Å². The lowest BCUT2D eigenvalue weighted by molar-refractivity contribution is 0.121. The van der Waals surface area contributed by atoms with Gasteiger partial charge in [0, 0.05) is 12.1 Å². The van der Waals surface area contributed by atoms with Gasteiger partial charge in [0.2, 0.25) is 0 Å². The Morgan fingerprint density at radius 1 is 0.913 bits per heavy atom. The van der Waals surface area contributed by atoms with Gasteiger partial charge in [-0.2, -0.15) is 0 Å². The van der Waals surface area contributed by atoms with Crippen LogP contribution in [0.5, 0.6) is 0 Å². The highest BCUT2D eigenvalue weighted by molar-refractivity contribution is 5.17. The van der Waals surface area contributed by atoms with Gasteiger partial charge in [0.1, 0.15) is 0 Å². The molecule has 0 aliphatic carbocycles. The average molecular weight is 312 g/mol. The zero-order valence-corrected chi connectivity index (χ0v) is 13.9. The van der Waals surface area contributed by atoms with E-state index >= 15 is 0 Å². The molecule has 3 nitrogen and oxygen atoms in total.